The van der Waals surface area contributed by atoms with Crippen LogP contribution in [0.25, 0.3) is 11.4 Å². The van der Waals surface area contributed by atoms with E-state index in [0.717, 1.165) is 5.56 Å². The van der Waals surface area contributed by atoms with E-state index in [1.54, 1.807) is 29.2 Å². The van der Waals surface area contributed by atoms with E-state index < -0.39 is 10.0 Å². The minimum Gasteiger partial charge on any atom is -0.339 e. The van der Waals surface area contributed by atoms with Crippen LogP contribution in [0.2, 0.25) is 0 Å². The molecule has 0 bridgehead atoms. The molecule has 1 aliphatic heterocycles. The van der Waals surface area contributed by atoms with Crippen LogP contribution in [-0.2, 0) is 27.7 Å². The van der Waals surface area contributed by atoms with Crippen LogP contribution in [0.15, 0.2) is 51.9 Å². The first-order valence-electron chi connectivity index (χ1n) is 9.33. The molecular formula is C20H19FN4O4S. The van der Waals surface area contributed by atoms with E-state index in [1.165, 1.54) is 25.2 Å². The van der Waals surface area contributed by atoms with E-state index in [1.807, 2.05) is 0 Å². The van der Waals surface area contributed by atoms with Crippen LogP contribution >= 0.6 is 0 Å². The monoisotopic (exact) mass is 430 g/mol. The molecule has 2 heterocycles. The topological polar surface area (TPSA) is 105 Å². The summed E-state index contributed by atoms with van der Waals surface area (Å²) in [6, 6.07) is 10.5. The summed E-state index contributed by atoms with van der Waals surface area (Å²) in [4.78, 5) is 18.8. The van der Waals surface area contributed by atoms with Crippen LogP contribution in [0.1, 0.15) is 17.9 Å². The predicted octanol–water partition coefficient (Wildman–Crippen LogP) is 2.31. The van der Waals surface area contributed by atoms with E-state index in [2.05, 4.69) is 14.9 Å². The highest BCUT2D eigenvalue weighted by Gasteiger charge is 2.26. The highest BCUT2D eigenvalue weighted by atomic mass is 32.2. The number of nitrogens with zero attached hydrogens (tertiary/aromatic N) is 3. The lowest BCUT2D eigenvalue weighted by atomic mass is 10.2. The molecule has 156 valence electrons. The maximum atomic E-state index is 13.0. The maximum Gasteiger partial charge on any atom is 0.240 e. The zero-order valence-electron chi connectivity index (χ0n) is 16.1. The number of sulfonamides is 1. The van der Waals surface area contributed by atoms with Crippen LogP contribution in [0.4, 0.5) is 10.1 Å². The van der Waals surface area contributed by atoms with E-state index in [0.29, 0.717) is 35.9 Å². The van der Waals surface area contributed by atoms with E-state index in [-0.39, 0.29) is 29.5 Å². The van der Waals surface area contributed by atoms with E-state index >= 15 is 0 Å². The smallest absolute Gasteiger partial charge is 0.240 e. The molecule has 0 radical (unpaired) electrons. The SMILES string of the molecule is CNS(=O)(=O)c1ccc2c(c1)CCN2C(=O)CCc1nc(-c2ccc(F)cc2)no1. The van der Waals surface area contributed by atoms with Crippen molar-refractivity contribution in [3.8, 4) is 11.4 Å². The van der Waals surface area contributed by atoms with Crippen molar-refractivity contribution in [2.75, 3.05) is 18.5 Å². The Hall–Kier alpha value is -3.11. The Labute approximate surface area is 172 Å². The molecule has 30 heavy (non-hydrogen) atoms. The summed E-state index contributed by atoms with van der Waals surface area (Å²) in [5.74, 6) is 0.189. The molecule has 0 aliphatic carbocycles. The first-order valence-corrected chi connectivity index (χ1v) is 10.8. The first kappa shape index (κ1) is 20.2. The van der Waals surface area contributed by atoms with Gasteiger partial charge in [0.25, 0.3) is 0 Å². The number of amides is 1. The van der Waals surface area contributed by atoms with Crippen LogP contribution in [0, 0.1) is 5.82 Å². The second-order valence-electron chi connectivity index (χ2n) is 6.81. The minimum atomic E-state index is -3.53. The molecular weight excluding hydrogens is 411 g/mol. The average Bonchev–Trinajstić information content (AvgIpc) is 3.39. The lowest BCUT2D eigenvalue weighted by Crippen LogP contribution is -2.29. The fourth-order valence-corrected chi connectivity index (χ4v) is 4.12. The van der Waals surface area contributed by atoms with Gasteiger partial charge >= 0.3 is 0 Å². The summed E-state index contributed by atoms with van der Waals surface area (Å²) in [6.45, 7) is 0.488. The number of benzene rings is 2. The number of anilines is 1. The van der Waals surface area contributed by atoms with Gasteiger partial charge in [-0.25, -0.2) is 17.5 Å². The Morgan fingerprint density at radius 1 is 1.23 bits per heavy atom. The summed E-state index contributed by atoms with van der Waals surface area (Å²) in [5, 5.41) is 3.87. The van der Waals surface area contributed by atoms with Gasteiger partial charge in [0.05, 0.1) is 4.90 Å². The van der Waals surface area contributed by atoms with Crippen molar-refractivity contribution in [2.24, 2.45) is 0 Å². The van der Waals surface area contributed by atoms with E-state index in [4.69, 9.17) is 4.52 Å². The van der Waals surface area contributed by atoms with Crippen LogP contribution < -0.4 is 9.62 Å². The molecule has 3 aromatic rings. The van der Waals surface area contributed by atoms with Crippen LogP contribution in [0.5, 0.6) is 0 Å². The first-order chi connectivity index (χ1) is 14.4. The Bertz CT molecular complexity index is 1190. The molecule has 4 rings (SSSR count). The highest BCUT2D eigenvalue weighted by Crippen LogP contribution is 2.31. The number of hydrogen-bond acceptors (Lipinski definition) is 6. The Kier molecular flexibility index (Phi) is 5.35. The summed E-state index contributed by atoms with van der Waals surface area (Å²) in [7, 11) is -2.17. The van der Waals surface area contributed by atoms with Gasteiger partial charge in [0.15, 0.2) is 0 Å². The van der Waals surface area contributed by atoms with Gasteiger partial charge in [0.1, 0.15) is 5.82 Å². The molecule has 0 unspecified atom stereocenters. The standard InChI is InChI=1S/C20H19FN4O4S/c1-22-30(27,28)16-6-7-17-14(12-16)10-11-25(17)19(26)9-8-18-23-20(24-29-18)13-2-4-15(21)5-3-13/h2-7,12,22H,8-11H2,1H3. The molecule has 1 aliphatic rings. The molecule has 1 aromatic heterocycles. The largest absolute Gasteiger partial charge is 0.339 e. The van der Waals surface area contributed by atoms with Gasteiger partial charge in [-0.15, -0.1) is 0 Å². The van der Waals surface area contributed by atoms with Gasteiger partial charge in [-0.1, -0.05) is 5.16 Å². The summed E-state index contributed by atoms with van der Waals surface area (Å²) in [6.07, 6.45) is 1.02. The number of carbonyl (C=O) groups is 1. The number of nitrogens with one attached hydrogen (secondary N) is 1. The van der Waals surface area contributed by atoms with Gasteiger partial charge < -0.3 is 9.42 Å². The number of hydrogen-bond donors (Lipinski definition) is 1. The molecule has 0 saturated carbocycles. The van der Waals surface area contributed by atoms with Gasteiger partial charge in [-0.2, -0.15) is 4.98 Å². The molecule has 2 aromatic carbocycles. The molecule has 0 atom stereocenters. The van der Waals surface area contributed by atoms with Crippen molar-refractivity contribution < 1.29 is 22.1 Å². The fourth-order valence-electron chi connectivity index (χ4n) is 3.34. The maximum absolute atomic E-state index is 13.0. The summed E-state index contributed by atoms with van der Waals surface area (Å²) < 4.78 is 44.4. The molecule has 0 saturated heterocycles. The number of halogens is 1. The number of aromatic nitrogens is 2. The van der Waals surface area contributed by atoms with Gasteiger partial charge in [0, 0.05) is 30.6 Å². The third-order valence-corrected chi connectivity index (χ3v) is 6.36. The molecule has 0 fully saturated rings. The predicted molar refractivity (Wildman–Crippen MR) is 107 cm³/mol. The van der Waals surface area contributed by atoms with Crippen molar-refractivity contribution in [1.29, 1.82) is 0 Å². The van der Waals surface area contributed by atoms with Gasteiger partial charge in [-0.05, 0) is 61.5 Å². The third-order valence-electron chi connectivity index (χ3n) is 4.95. The van der Waals surface area contributed by atoms with Crippen molar-refractivity contribution in [3.63, 3.8) is 0 Å². The Balaban J connectivity index is 1.42. The summed E-state index contributed by atoms with van der Waals surface area (Å²) in [5.41, 5.74) is 2.15. The molecule has 0 spiro atoms. The second kappa shape index (κ2) is 7.96. The molecule has 8 nitrogen and oxygen atoms in total. The van der Waals surface area contributed by atoms with Crippen molar-refractivity contribution in [2.45, 2.75) is 24.2 Å². The Morgan fingerprint density at radius 3 is 2.73 bits per heavy atom. The molecule has 1 N–H and O–H groups in total. The highest BCUT2D eigenvalue weighted by molar-refractivity contribution is 7.89. The minimum absolute atomic E-state index is 0.112. The zero-order valence-corrected chi connectivity index (χ0v) is 16.9. The van der Waals surface area contributed by atoms with Crippen molar-refractivity contribution >= 4 is 21.6 Å². The van der Waals surface area contributed by atoms with E-state index in [9.17, 15) is 17.6 Å². The molecule has 10 heteroatoms. The number of rotatable bonds is 6. The van der Waals surface area contributed by atoms with Crippen molar-refractivity contribution in [3.05, 3.63) is 59.7 Å². The normalized spacial score (nSPS) is 13.5. The quantitative estimate of drug-likeness (QED) is 0.643. The second-order valence-corrected chi connectivity index (χ2v) is 8.70. The lowest BCUT2D eigenvalue weighted by Gasteiger charge is -2.17. The van der Waals surface area contributed by atoms with Crippen LogP contribution in [0.3, 0.4) is 0 Å². The number of fused-ring (bicyclic) bond motifs is 1. The fraction of sp³-hybridized carbons (Fsp3) is 0.250. The lowest BCUT2D eigenvalue weighted by molar-refractivity contribution is -0.118. The van der Waals surface area contributed by atoms with Gasteiger partial charge in [0.2, 0.25) is 27.6 Å². The zero-order chi connectivity index (χ0) is 21.3. The number of aryl methyl sites for hydroxylation is 1. The van der Waals surface area contributed by atoms with Crippen LogP contribution in [-0.4, -0.2) is 38.1 Å². The Morgan fingerprint density at radius 2 is 2.00 bits per heavy atom. The van der Waals surface area contributed by atoms with Gasteiger partial charge in [-0.3, -0.25) is 4.79 Å². The summed E-state index contributed by atoms with van der Waals surface area (Å²) >= 11 is 0. The average molecular weight is 430 g/mol. The molecule has 1 amide bonds. The third kappa shape index (κ3) is 3.96. The van der Waals surface area contributed by atoms with Crippen molar-refractivity contribution in [1.82, 2.24) is 14.9 Å². The number of carbonyl (C=O) groups excluding carboxylic acids is 1.